The van der Waals surface area contributed by atoms with E-state index in [4.69, 9.17) is 4.42 Å². The van der Waals surface area contributed by atoms with Gasteiger partial charge in [0.1, 0.15) is 11.4 Å². The molecule has 0 saturated carbocycles. The molecule has 0 unspecified atom stereocenters. The number of imidazole rings is 1. The fourth-order valence-electron chi connectivity index (χ4n) is 3.13. The summed E-state index contributed by atoms with van der Waals surface area (Å²) >= 11 is 3.41. The van der Waals surface area contributed by atoms with Crippen molar-refractivity contribution >= 4 is 49.7 Å². The molecule has 0 bridgehead atoms. The van der Waals surface area contributed by atoms with Crippen molar-refractivity contribution in [1.29, 1.82) is 0 Å². The number of hydrazine groups is 1. The van der Waals surface area contributed by atoms with E-state index >= 15 is 0 Å². The van der Waals surface area contributed by atoms with E-state index in [9.17, 15) is 9.59 Å². The summed E-state index contributed by atoms with van der Waals surface area (Å²) in [6.07, 6.45) is 0.0392. The molecule has 0 spiro atoms. The van der Waals surface area contributed by atoms with Gasteiger partial charge in [-0.2, -0.15) is 0 Å². The highest BCUT2D eigenvalue weighted by molar-refractivity contribution is 9.10. The Bertz CT molecular complexity index is 1230. The first-order valence-electron chi connectivity index (χ1n) is 8.62. The second-order valence-electron chi connectivity index (χ2n) is 6.45. The quantitative estimate of drug-likeness (QED) is 0.477. The molecule has 142 valence electrons. The average Bonchev–Trinajstić information content (AvgIpc) is 3.17. The molecule has 2 amide bonds. The third-order valence-corrected chi connectivity index (χ3v) is 5.11. The zero-order chi connectivity index (χ0) is 19.8. The van der Waals surface area contributed by atoms with Crippen LogP contribution in [0.1, 0.15) is 21.9 Å². The Balaban J connectivity index is 1.45. The number of furan rings is 1. The highest BCUT2D eigenvalue weighted by Crippen LogP contribution is 2.27. The van der Waals surface area contributed by atoms with Crippen LogP contribution in [0, 0.1) is 6.92 Å². The van der Waals surface area contributed by atoms with Crippen LogP contribution >= 0.6 is 15.9 Å². The van der Waals surface area contributed by atoms with Gasteiger partial charge in [0.25, 0.3) is 0 Å². The highest BCUT2D eigenvalue weighted by atomic mass is 79.9. The van der Waals surface area contributed by atoms with Gasteiger partial charge in [0.05, 0.1) is 17.5 Å². The number of rotatable bonds is 3. The summed E-state index contributed by atoms with van der Waals surface area (Å²) < 4.78 is 8.38. The molecule has 2 N–H and O–H groups in total. The van der Waals surface area contributed by atoms with E-state index < -0.39 is 5.91 Å². The van der Waals surface area contributed by atoms with Crippen LogP contribution in [0.25, 0.3) is 22.0 Å². The van der Waals surface area contributed by atoms with E-state index in [-0.39, 0.29) is 18.1 Å². The zero-order valence-electron chi connectivity index (χ0n) is 15.2. The van der Waals surface area contributed by atoms with Crippen LogP contribution in [0.3, 0.4) is 0 Å². The van der Waals surface area contributed by atoms with Crippen LogP contribution in [0.4, 0.5) is 0 Å². The van der Waals surface area contributed by atoms with Crippen LogP contribution in [0.2, 0.25) is 0 Å². The minimum absolute atomic E-state index is 0.0392. The van der Waals surface area contributed by atoms with Gasteiger partial charge in [-0.15, -0.1) is 0 Å². The number of fused-ring (bicyclic) bond motifs is 2. The summed E-state index contributed by atoms with van der Waals surface area (Å²) in [5.74, 6) is -0.111. The van der Waals surface area contributed by atoms with Gasteiger partial charge in [0, 0.05) is 22.5 Å². The predicted octanol–water partition coefficient (Wildman–Crippen LogP) is 3.39. The number of nitrogens with zero attached hydrogens (tertiary/aromatic N) is 2. The van der Waals surface area contributed by atoms with Crippen LogP contribution in [0.15, 0.2) is 51.4 Å². The number of halogens is 1. The fourth-order valence-corrected chi connectivity index (χ4v) is 3.50. The van der Waals surface area contributed by atoms with Crippen LogP contribution in [0.5, 0.6) is 0 Å². The molecule has 4 rings (SSSR count). The van der Waals surface area contributed by atoms with Crippen LogP contribution in [-0.2, 0) is 18.3 Å². The maximum atomic E-state index is 12.4. The van der Waals surface area contributed by atoms with E-state index in [1.165, 1.54) is 0 Å². The number of aryl methyl sites for hydroxylation is 2. The van der Waals surface area contributed by atoms with Gasteiger partial charge in [-0.25, -0.2) is 4.98 Å². The Morgan fingerprint density at radius 1 is 1.18 bits per heavy atom. The lowest BCUT2D eigenvalue weighted by molar-refractivity contribution is -0.121. The predicted molar refractivity (Wildman–Crippen MR) is 109 cm³/mol. The molecule has 0 aliphatic carbocycles. The van der Waals surface area contributed by atoms with Crippen molar-refractivity contribution in [3.05, 3.63) is 64.1 Å². The van der Waals surface area contributed by atoms with Gasteiger partial charge in [0.15, 0.2) is 5.76 Å². The number of hydrogen-bond donors (Lipinski definition) is 2. The number of benzene rings is 2. The summed E-state index contributed by atoms with van der Waals surface area (Å²) in [6.45, 7) is 1.80. The molecule has 2 aromatic carbocycles. The number of aromatic nitrogens is 2. The molecule has 0 aliphatic heterocycles. The lowest BCUT2D eigenvalue weighted by Gasteiger charge is -2.06. The topological polar surface area (TPSA) is 89.2 Å². The van der Waals surface area contributed by atoms with Crippen molar-refractivity contribution in [2.24, 2.45) is 7.05 Å². The smallest absolute Gasteiger partial charge is 0.305 e. The summed E-state index contributed by atoms with van der Waals surface area (Å²) in [6, 6.07) is 13.2. The van der Waals surface area contributed by atoms with E-state index in [2.05, 4.69) is 31.8 Å². The average molecular weight is 441 g/mol. The van der Waals surface area contributed by atoms with Crippen molar-refractivity contribution < 1.29 is 14.0 Å². The highest BCUT2D eigenvalue weighted by Gasteiger charge is 2.19. The van der Waals surface area contributed by atoms with Crippen molar-refractivity contribution in [2.75, 3.05) is 0 Å². The first kappa shape index (κ1) is 18.2. The van der Waals surface area contributed by atoms with Crippen LogP contribution < -0.4 is 10.9 Å². The largest absolute Gasteiger partial charge is 0.451 e. The lowest BCUT2D eigenvalue weighted by atomic mass is 10.1. The van der Waals surface area contributed by atoms with Crippen molar-refractivity contribution in [3.8, 4) is 0 Å². The van der Waals surface area contributed by atoms with E-state index in [1.54, 1.807) is 13.0 Å². The molecule has 0 radical (unpaired) electrons. The normalized spacial score (nSPS) is 11.1. The van der Waals surface area contributed by atoms with E-state index in [0.29, 0.717) is 17.0 Å². The second kappa shape index (κ2) is 7.12. The number of hydrogen-bond acceptors (Lipinski definition) is 4. The van der Waals surface area contributed by atoms with Gasteiger partial charge in [-0.1, -0.05) is 28.1 Å². The molecule has 7 nitrogen and oxygen atoms in total. The zero-order valence-corrected chi connectivity index (χ0v) is 16.8. The maximum absolute atomic E-state index is 12.4. The van der Waals surface area contributed by atoms with Crippen molar-refractivity contribution in [2.45, 2.75) is 13.3 Å². The van der Waals surface area contributed by atoms with Crippen LogP contribution in [-0.4, -0.2) is 21.4 Å². The SMILES string of the molecule is Cc1c(C(=O)NNC(=O)Cc2nc3ccccc3n2C)oc2ccc(Br)cc12. The minimum atomic E-state index is -0.511. The molecule has 28 heavy (non-hydrogen) atoms. The number of nitrogens with one attached hydrogen (secondary N) is 2. The number of para-hydroxylation sites is 2. The van der Waals surface area contributed by atoms with E-state index in [1.807, 2.05) is 48.0 Å². The number of carbonyl (C=O) groups excluding carboxylic acids is 2. The van der Waals surface area contributed by atoms with Gasteiger partial charge in [-0.05, 0) is 37.3 Å². The summed E-state index contributed by atoms with van der Waals surface area (Å²) in [5.41, 5.74) is 7.91. The monoisotopic (exact) mass is 440 g/mol. The summed E-state index contributed by atoms with van der Waals surface area (Å²) in [7, 11) is 1.85. The molecule has 0 fully saturated rings. The van der Waals surface area contributed by atoms with Crippen molar-refractivity contribution in [1.82, 2.24) is 20.4 Å². The maximum Gasteiger partial charge on any atom is 0.305 e. The lowest BCUT2D eigenvalue weighted by Crippen LogP contribution is -2.42. The Hall–Kier alpha value is -3.13. The van der Waals surface area contributed by atoms with Gasteiger partial charge in [-0.3, -0.25) is 20.4 Å². The number of amides is 2. The molecule has 8 heteroatoms. The van der Waals surface area contributed by atoms with Gasteiger partial charge >= 0.3 is 5.91 Å². The molecule has 4 aromatic rings. The first-order chi connectivity index (χ1) is 13.4. The van der Waals surface area contributed by atoms with Gasteiger partial charge < -0.3 is 8.98 Å². The Labute approximate surface area is 168 Å². The third kappa shape index (κ3) is 3.27. The standard InChI is InChI=1S/C20H17BrN4O3/c1-11-13-9-12(21)7-8-16(13)28-19(11)20(27)24-23-18(26)10-17-22-14-5-3-4-6-15(14)25(17)2/h3-9H,10H2,1-2H3,(H,23,26)(H,24,27). The summed E-state index contributed by atoms with van der Waals surface area (Å²) in [5, 5.41) is 0.838. The van der Waals surface area contributed by atoms with Gasteiger partial charge in [0.2, 0.25) is 5.91 Å². The molecule has 0 aliphatic rings. The molecular formula is C20H17BrN4O3. The third-order valence-electron chi connectivity index (χ3n) is 4.62. The summed E-state index contributed by atoms with van der Waals surface area (Å²) in [4.78, 5) is 29.2. The second-order valence-corrected chi connectivity index (χ2v) is 7.37. The Morgan fingerprint density at radius 3 is 2.75 bits per heavy atom. The Kier molecular flexibility index (Phi) is 4.64. The molecular weight excluding hydrogens is 424 g/mol. The molecule has 2 aromatic heterocycles. The van der Waals surface area contributed by atoms with Crippen molar-refractivity contribution in [3.63, 3.8) is 0 Å². The molecule has 0 atom stereocenters. The fraction of sp³-hybridized carbons (Fsp3) is 0.150. The first-order valence-corrected chi connectivity index (χ1v) is 9.41. The minimum Gasteiger partial charge on any atom is -0.451 e. The molecule has 2 heterocycles. The Morgan fingerprint density at radius 2 is 1.96 bits per heavy atom. The van der Waals surface area contributed by atoms with E-state index in [0.717, 1.165) is 20.9 Å². The molecule has 0 saturated heterocycles. The number of carbonyl (C=O) groups is 2.